The van der Waals surface area contributed by atoms with Crippen LogP contribution in [0.15, 0.2) is 57.6 Å². The van der Waals surface area contributed by atoms with Gasteiger partial charge in [-0.1, -0.05) is 17.2 Å². The minimum Gasteiger partial charge on any atom is -0.258 e. The predicted octanol–water partition coefficient (Wildman–Crippen LogP) is 3.55. The molecule has 0 fully saturated rings. The first-order valence-corrected chi connectivity index (χ1v) is 8.79. The number of hydrazone groups is 1. The van der Waals surface area contributed by atoms with Gasteiger partial charge in [0.25, 0.3) is 15.7 Å². The summed E-state index contributed by atoms with van der Waals surface area (Å²) in [4.78, 5) is 11.9. The van der Waals surface area contributed by atoms with E-state index in [1.165, 1.54) is 11.8 Å². The number of nitrogens with zero attached hydrogens (tertiary/aromatic N) is 2. The molecule has 0 aromatic heterocycles. The van der Waals surface area contributed by atoms with Crippen molar-refractivity contribution in [1.82, 2.24) is 4.83 Å². The quantitative estimate of drug-likeness (QED) is 0.335. The highest BCUT2D eigenvalue weighted by Crippen LogP contribution is 2.15. The van der Waals surface area contributed by atoms with Gasteiger partial charge in [0.1, 0.15) is 0 Å². The topological polar surface area (TPSA) is 102 Å². The lowest BCUT2D eigenvalue weighted by atomic mass is 10.1. The highest BCUT2D eigenvalue weighted by Gasteiger charge is 2.14. The normalized spacial score (nSPS) is 12.2. The van der Waals surface area contributed by atoms with Crippen LogP contribution in [0.5, 0.6) is 0 Å². The number of allylic oxidation sites excluding steroid dienone is 4. The monoisotopic (exact) mass is 351 g/mol. The molecule has 7 nitrogen and oxygen atoms in total. The first-order chi connectivity index (χ1) is 11.2. The van der Waals surface area contributed by atoms with E-state index < -0.39 is 14.9 Å². The first kappa shape index (κ1) is 19.6. The largest absolute Gasteiger partial charge is 0.276 e. The Morgan fingerprint density at radius 3 is 2.42 bits per heavy atom. The zero-order valence-corrected chi connectivity index (χ0v) is 14.7. The van der Waals surface area contributed by atoms with E-state index in [9.17, 15) is 18.5 Å². The average Bonchev–Trinajstić information content (AvgIpc) is 2.51. The number of nitro groups is 1. The van der Waals surface area contributed by atoms with Gasteiger partial charge in [-0.05, 0) is 51.8 Å². The Morgan fingerprint density at radius 2 is 1.88 bits per heavy atom. The molecule has 0 spiro atoms. The van der Waals surface area contributed by atoms with E-state index in [1.54, 1.807) is 6.08 Å². The summed E-state index contributed by atoms with van der Waals surface area (Å²) in [7, 11) is -3.84. The van der Waals surface area contributed by atoms with Crippen LogP contribution in [0.3, 0.4) is 0 Å². The molecule has 130 valence electrons. The van der Waals surface area contributed by atoms with Gasteiger partial charge in [-0.3, -0.25) is 10.1 Å². The molecule has 0 heterocycles. The summed E-state index contributed by atoms with van der Waals surface area (Å²) in [5.74, 6) is 0. The third-order valence-electron chi connectivity index (χ3n) is 3.06. The fourth-order valence-electron chi connectivity index (χ4n) is 1.74. The summed E-state index contributed by atoms with van der Waals surface area (Å²) in [6.45, 7) is 6.01. The van der Waals surface area contributed by atoms with Gasteiger partial charge >= 0.3 is 0 Å². The molecule has 0 aliphatic carbocycles. The van der Waals surface area contributed by atoms with Crippen molar-refractivity contribution in [2.75, 3.05) is 0 Å². The zero-order chi connectivity index (χ0) is 18.2. The Kier molecular flexibility index (Phi) is 7.31. The summed E-state index contributed by atoms with van der Waals surface area (Å²) in [6, 6.07) is 4.59. The van der Waals surface area contributed by atoms with E-state index in [4.69, 9.17) is 0 Å². The molecule has 0 bridgehead atoms. The molecular weight excluding hydrogens is 330 g/mol. The number of non-ortho nitro benzene ring substituents is 1. The van der Waals surface area contributed by atoms with Crippen molar-refractivity contribution >= 4 is 21.9 Å². The van der Waals surface area contributed by atoms with E-state index in [0.717, 1.165) is 42.7 Å². The maximum absolute atomic E-state index is 12.0. The van der Waals surface area contributed by atoms with E-state index in [1.807, 2.05) is 20.8 Å². The lowest BCUT2D eigenvalue weighted by molar-refractivity contribution is -0.384. The molecule has 0 unspecified atom stereocenters. The maximum Gasteiger partial charge on any atom is 0.276 e. The highest BCUT2D eigenvalue weighted by atomic mass is 32.2. The van der Waals surface area contributed by atoms with Crippen molar-refractivity contribution in [1.29, 1.82) is 0 Å². The van der Waals surface area contributed by atoms with Crippen LogP contribution in [0.1, 0.15) is 33.6 Å². The van der Waals surface area contributed by atoms with E-state index in [-0.39, 0.29) is 10.6 Å². The molecular formula is C16H21N3O4S. The van der Waals surface area contributed by atoms with Crippen LogP contribution >= 0.6 is 0 Å². The molecule has 0 aliphatic heterocycles. The smallest absolute Gasteiger partial charge is 0.258 e. The standard InChI is InChI=1S/C16H21N3O4S/c1-13(2)5-4-6-14(3)11-12-17-18-24(22,23)16-9-7-15(8-10-16)19(20)21/h5,7-12,18H,4,6H2,1-3H3/b14-11-,17-12-. The molecule has 0 saturated heterocycles. The molecule has 8 heteroatoms. The molecule has 0 aliphatic rings. The number of rotatable bonds is 8. The fourth-order valence-corrected chi connectivity index (χ4v) is 2.54. The Labute approximate surface area is 142 Å². The summed E-state index contributed by atoms with van der Waals surface area (Å²) in [5, 5.41) is 14.2. The number of hydrogen-bond donors (Lipinski definition) is 1. The van der Waals surface area contributed by atoms with Gasteiger partial charge in [0.05, 0.1) is 9.82 Å². The Hall–Kier alpha value is -2.48. The molecule has 1 aromatic carbocycles. The van der Waals surface area contributed by atoms with Gasteiger partial charge in [-0.2, -0.15) is 13.5 Å². The van der Waals surface area contributed by atoms with Crippen LogP contribution in [0.4, 0.5) is 5.69 Å². The minimum atomic E-state index is -3.84. The number of nitrogens with one attached hydrogen (secondary N) is 1. The molecule has 0 radical (unpaired) electrons. The van der Waals surface area contributed by atoms with Crippen molar-refractivity contribution in [2.45, 2.75) is 38.5 Å². The summed E-state index contributed by atoms with van der Waals surface area (Å²) in [6.07, 6.45) is 7.03. The van der Waals surface area contributed by atoms with Gasteiger partial charge in [0.15, 0.2) is 0 Å². The average molecular weight is 351 g/mol. The molecule has 24 heavy (non-hydrogen) atoms. The second-order valence-electron chi connectivity index (χ2n) is 5.46. The zero-order valence-electron chi connectivity index (χ0n) is 13.9. The summed E-state index contributed by atoms with van der Waals surface area (Å²) < 4.78 is 24.0. The van der Waals surface area contributed by atoms with Crippen molar-refractivity contribution in [3.05, 3.63) is 57.7 Å². The van der Waals surface area contributed by atoms with Crippen LogP contribution in [0.25, 0.3) is 0 Å². The second kappa shape index (κ2) is 8.97. The van der Waals surface area contributed by atoms with E-state index in [2.05, 4.69) is 16.0 Å². The van der Waals surface area contributed by atoms with Crippen molar-refractivity contribution in [3.8, 4) is 0 Å². The Balaban J connectivity index is 2.64. The molecule has 0 atom stereocenters. The number of sulfonamides is 1. The molecule has 0 saturated carbocycles. The van der Waals surface area contributed by atoms with E-state index in [0.29, 0.717) is 0 Å². The molecule has 1 N–H and O–H groups in total. The van der Waals surface area contributed by atoms with Gasteiger partial charge in [0, 0.05) is 18.3 Å². The summed E-state index contributed by atoms with van der Waals surface area (Å²) in [5.41, 5.74) is 2.16. The Bertz CT molecular complexity index is 759. The van der Waals surface area contributed by atoms with Gasteiger partial charge < -0.3 is 0 Å². The summed E-state index contributed by atoms with van der Waals surface area (Å²) >= 11 is 0. The van der Waals surface area contributed by atoms with Crippen LogP contribution in [0, 0.1) is 10.1 Å². The number of nitro benzene ring substituents is 1. The highest BCUT2D eigenvalue weighted by molar-refractivity contribution is 7.89. The number of hydrogen-bond acceptors (Lipinski definition) is 5. The SMILES string of the molecule is CC(C)=CCC/C(C)=C\C=N/NS(=O)(=O)c1ccc([N+](=O)[O-])cc1. The predicted molar refractivity (Wildman–Crippen MR) is 94.3 cm³/mol. The lowest BCUT2D eigenvalue weighted by Crippen LogP contribution is -2.18. The van der Waals surface area contributed by atoms with Crippen LogP contribution in [-0.4, -0.2) is 19.6 Å². The minimum absolute atomic E-state index is 0.0884. The van der Waals surface area contributed by atoms with Crippen molar-refractivity contribution in [2.24, 2.45) is 5.10 Å². The van der Waals surface area contributed by atoms with Crippen LogP contribution in [0.2, 0.25) is 0 Å². The third kappa shape index (κ3) is 6.74. The first-order valence-electron chi connectivity index (χ1n) is 7.31. The van der Waals surface area contributed by atoms with Crippen LogP contribution in [-0.2, 0) is 10.0 Å². The second-order valence-corrected chi connectivity index (χ2v) is 7.12. The van der Waals surface area contributed by atoms with Crippen molar-refractivity contribution in [3.63, 3.8) is 0 Å². The molecule has 1 aromatic rings. The Morgan fingerprint density at radius 1 is 1.25 bits per heavy atom. The van der Waals surface area contributed by atoms with Gasteiger partial charge in [-0.25, -0.2) is 4.83 Å². The van der Waals surface area contributed by atoms with Gasteiger partial charge in [0.2, 0.25) is 0 Å². The van der Waals surface area contributed by atoms with Crippen LogP contribution < -0.4 is 4.83 Å². The van der Waals surface area contributed by atoms with Crippen molar-refractivity contribution < 1.29 is 13.3 Å². The fraction of sp³-hybridized carbons (Fsp3) is 0.312. The lowest BCUT2D eigenvalue weighted by Gasteiger charge is -2.02. The molecule has 1 rings (SSSR count). The third-order valence-corrected chi connectivity index (χ3v) is 4.29. The maximum atomic E-state index is 12.0. The number of benzene rings is 1. The molecule has 0 amide bonds. The van der Waals surface area contributed by atoms with E-state index >= 15 is 0 Å². The van der Waals surface area contributed by atoms with Gasteiger partial charge in [-0.15, -0.1) is 0 Å².